The molecule has 21 heavy (non-hydrogen) atoms. The smallest absolute Gasteiger partial charge is 0.126 e. The van der Waals surface area contributed by atoms with Gasteiger partial charge in [0, 0.05) is 25.8 Å². The van der Waals surface area contributed by atoms with Crippen molar-refractivity contribution in [3.63, 3.8) is 0 Å². The Morgan fingerprint density at radius 1 is 1.33 bits per heavy atom. The van der Waals surface area contributed by atoms with Crippen molar-refractivity contribution in [3.05, 3.63) is 29.6 Å². The second-order valence-electron chi connectivity index (χ2n) is 5.81. The first kappa shape index (κ1) is 16.2. The highest BCUT2D eigenvalue weighted by Gasteiger charge is 2.20. The van der Waals surface area contributed by atoms with Gasteiger partial charge in [-0.05, 0) is 63.2 Å². The van der Waals surface area contributed by atoms with Gasteiger partial charge in [0.05, 0.1) is 0 Å². The number of hydrogen-bond donors (Lipinski definition) is 1. The number of piperidine rings is 1. The molecule has 0 bridgehead atoms. The highest BCUT2D eigenvalue weighted by atomic mass is 19.1. The summed E-state index contributed by atoms with van der Waals surface area (Å²) in [5, 5.41) is 9.78. The lowest BCUT2D eigenvalue weighted by atomic mass is 9.90. The number of phenols is 1. The third-order valence-electron chi connectivity index (χ3n) is 4.23. The van der Waals surface area contributed by atoms with Gasteiger partial charge in [-0.15, -0.1) is 0 Å². The minimum Gasteiger partial charge on any atom is -0.508 e. The number of phenolic OH excluding ortho intramolecular Hbond substituents is 1. The molecule has 1 aliphatic heterocycles. The number of aromatic hydroxyl groups is 1. The second-order valence-corrected chi connectivity index (χ2v) is 5.81. The molecule has 3 nitrogen and oxygen atoms in total. The van der Waals surface area contributed by atoms with Crippen molar-refractivity contribution >= 4 is 0 Å². The van der Waals surface area contributed by atoms with Crippen molar-refractivity contribution in [1.82, 2.24) is 4.90 Å². The van der Waals surface area contributed by atoms with Gasteiger partial charge in [0.2, 0.25) is 0 Å². The molecule has 0 atom stereocenters. The standard InChI is InChI=1S/C17H26FNO2/c1-2-21-11-3-8-19-9-6-14(7-10-19)12-15-4-5-16(18)13-17(15)20/h4-5,13-14,20H,2-3,6-12H2,1H3. The minimum atomic E-state index is -0.375. The van der Waals surface area contributed by atoms with Gasteiger partial charge < -0.3 is 14.7 Å². The van der Waals surface area contributed by atoms with Crippen molar-refractivity contribution in [2.45, 2.75) is 32.6 Å². The van der Waals surface area contributed by atoms with Gasteiger partial charge in [-0.1, -0.05) is 6.07 Å². The monoisotopic (exact) mass is 295 g/mol. The van der Waals surface area contributed by atoms with E-state index in [0.29, 0.717) is 5.92 Å². The van der Waals surface area contributed by atoms with Crippen LogP contribution in [0.5, 0.6) is 5.75 Å². The van der Waals surface area contributed by atoms with Gasteiger partial charge in [-0.25, -0.2) is 4.39 Å². The molecule has 4 heteroatoms. The van der Waals surface area contributed by atoms with Crippen LogP contribution in [0.1, 0.15) is 31.7 Å². The van der Waals surface area contributed by atoms with Gasteiger partial charge in [-0.3, -0.25) is 0 Å². The molecular formula is C17H26FNO2. The van der Waals surface area contributed by atoms with E-state index in [0.717, 1.165) is 64.1 Å². The zero-order valence-corrected chi connectivity index (χ0v) is 12.9. The number of hydrogen-bond acceptors (Lipinski definition) is 3. The molecule has 0 unspecified atom stereocenters. The van der Waals surface area contributed by atoms with E-state index in [2.05, 4.69) is 4.90 Å². The number of benzene rings is 1. The predicted molar refractivity (Wildman–Crippen MR) is 82.0 cm³/mol. The average Bonchev–Trinajstić information content (AvgIpc) is 2.48. The molecule has 1 saturated heterocycles. The van der Waals surface area contributed by atoms with Crippen molar-refractivity contribution < 1.29 is 14.2 Å². The van der Waals surface area contributed by atoms with E-state index >= 15 is 0 Å². The Morgan fingerprint density at radius 3 is 2.76 bits per heavy atom. The third kappa shape index (κ3) is 5.29. The summed E-state index contributed by atoms with van der Waals surface area (Å²) in [4.78, 5) is 2.49. The summed E-state index contributed by atoms with van der Waals surface area (Å²) in [5.74, 6) is 0.305. The maximum Gasteiger partial charge on any atom is 0.126 e. The average molecular weight is 295 g/mol. The summed E-state index contributed by atoms with van der Waals surface area (Å²) in [7, 11) is 0. The fraction of sp³-hybridized carbons (Fsp3) is 0.647. The molecular weight excluding hydrogens is 269 g/mol. The van der Waals surface area contributed by atoms with Crippen molar-refractivity contribution in [3.8, 4) is 5.75 Å². The maximum atomic E-state index is 13.0. The summed E-state index contributed by atoms with van der Waals surface area (Å²) in [6, 6.07) is 4.34. The third-order valence-corrected chi connectivity index (χ3v) is 4.23. The SMILES string of the molecule is CCOCCCN1CCC(Cc2ccc(F)cc2O)CC1. The minimum absolute atomic E-state index is 0.0918. The Hall–Kier alpha value is -1.13. The van der Waals surface area contributed by atoms with Crippen LogP contribution in [0.3, 0.4) is 0 Å². The Bertz CT molecular complexity index is 431. The first-order valence-corrected chi connectivity index (χ1v) is 7.96. The molecule has 1 N–H and O–H groups in total. The number of likely N-dealkylation sites (tertiary alicyclic amines) is 1. The molecule has 118 valence electrons. The highest BCUT2D eigenvalue weighted by molar-refractivity contribution is 5.32. The van der Waals surface area contributed by atoms with E-state index < -0.39 is 0 Å². The Labute approximate surface area is 126 Å². The summed E-state index contributed by atoms with van der Waals surface area (Å²) >= 11 is 0. The molecule has 0 radical (unpaired) electrons. The number of nitrogens with zero attached hydrogens (tertiary/aromatic N) is 1. The lowest BCUT2D eigenvalue weighted by Gasteiger charge is -2.32. The first-order chi connectivity index (χ1) is 10.2. The number of halogens is 1. The van der Waals surface area contributed by atoms with Crippen LogP contribution in [0, 0.1) is 11.7 Å². The first-order valence-electron chi connectivity index (χ1n) is 7.96. The van der Waals surface area contributed by atoms with Crippen LogP contribution in [0.15, 0.2) is 18.2 Å². The summed E-state index contributed by atoms with van der Waals surface area (Å²) in [5.41, 5.74) is 0.867. The molecule has 0 amide bonds. The normalized spacial score (nSPS) is 17.2. The Morgan fingerprint density at radius 2 is 2.10 bits per heavy atom. The summed E-state index contributed by atoms with van der Waals surface area (Å²) in [6.07, 6.45) is 4.23. The zero-order chi connectivity index (χ0) is 15.1. The van der Waals surface area contributed by atoms with E-state index in [1.807, 2.05) is 6.92 Å². The molecule has 0 aromatic heterocycles. The largest absolute Gasteiger partial charge is 0.508 e. The van der Waals surface area contributed by atoms with Gasteiger partial charge >= 0.3 is 0 Å². The molecule has 1 aromatic carbocycles. The zero-order valence-electron chi connectivity index (χ0n) is 12.9. The maximum absolute atomic E-state index is 13.0. The van der Waals surface area contributed by atoms with Crippen molar-refractivity contribution in [2.24, 2.45) is 5.92 Å². The molecule has 0 aliphatic carbocycles. The Balaban J connectivity index is 1.71. The van der Waals surface area contributed by atoms with Crippen LogP contribution in [-0.4, -0.2) is 42.9 Å². The molecule has 1 aromatic rings. The summed E-state index contributed by atoms with van der Waals surface area (Å²) < 4.78 is 18.3. The highest BCUT2D eigenvalue weighted by Crippen LogP contribution is 2.26. The quantitative estimate of drug-likeness (QED) is 0.784. The van der Waals surface area contributed by atoms with Crippen LogP contribution in [0.2, 0.25) is 0 Å². The van der Waals surface area contributed by atoms with E-state index in [-0.39, 0.29) is 11.6 Å². The summed E-state index contributed by atoms with van der Waals surface area (Å²) in [6.45, 7) is 6.99. The lowest BCUT2D eigenvalue weighted by molar-refractivity contribution is 0.120. The van der Waals surface area contributed by atoms with Crippen LogP contribution < -0.4 is 0 Å². The van der Waals surface area contributed by atoms with Crippen LogP contribution >= 0.6 is 0 Å². The number of rotatable bonds is 7. The van der Waals surface area contributed by atoms with Gasteiger partial charge in [0.1, 0.15) is 11.6 Å². The van der Waals surface area contributed by atoms with Gasteiger partial charge in [0.15, 0.2) is 0 Å². The van der Waals surface area contributed by atoms with E-state index in [4.69, 9.17) is 4.74 Å². The van der Waals surface area contributed by atoms with Crippen LogP contribution in [-0.2, 0) is 11.2 Å². The Kier molecular flexibility index (Phi) is 6.46. The van der Waals surface area contributed by atoms with E-state index in [1.54, 1.807) is 6.07 Å². The number of ether oxygens (including phenoxy) is 1. The fourth-order valence-corrected chi connectivity index (χ4v) is 2.97. The van der Waals surface area contributed by atoms with Crippen molar-refractivity contribution in [2.75, 3.05) is 32.8 Å². The van der Waals surface area contributed by atoms with Gasteiger partial charge in [0.25, 0.3) is 0 Å². The molecule has 1 fully saturated rings. The topological polar surface area (TPSA) is 32.7 Å². The molecule has 2 rings (SSSR count). The molecule has 0 spiro atoms. The van der Waals surface area contributed by atoms with E-state index in [9.17, 15) is 9.50 Å². The van der Waals surface area contributed by atoms with Crippen LogP contribution in [0.4, 0.5) is 4.39 Å². The fourth-order valence-electron chi connectivity index (χ4n) is 2.97. The molecule has 0 saturated carbocycles. The van der Waals surface area contributed by atoms with Crippen molar-refractivity contribution in [1.29, 1.82) is 0 Å². The lowest BCUT2D eigenvalue weighted by Crippen LogP contribution is -2.35. The predicted octanol–water partition coefficient (Wildman–Crippen LogP) is 3.21. The van der Waals surface area contributed by atoms with Crippen LogP contribution in [0.25, 0.3) is 0 Å². The molecule has 1 heterocycles. The second kappa shape index (κ2) is 8.35. The van der Waals surface area contributed by atoms with E-state index in [1.165, 1.54) is 12.1 Å². The molecule has 1 aliphatic rings. The van der Waals surface area contributed by atoms with Gasteiger partial charge in [-0.2, -0.15) is 0 Å².